The number of aliphatic hydroxyl groups is 1. The lowest BCUT2D eigenvalue weighted by Crippen LogP contribution is -2.11. The minimum Gasteiger partial charge on any atom is -0.382 e. The summed E-state index contributed by atoms with van der Waals surface area (Å²) in [5, 5.41) is 13.8. The molecule has 2 rings (SSSR count). The Morgan fingerprint density at radius 3 is 2.61 bits per heavy atom. The maximum Gasteiger partial charge on any atom is 0.122 e. The summed E-state index contributed by atoms with van der Waals surface area (Å²) >= 11 is 7.50. The minimum atomic E-state index is -0.712. The highest BCUT2D eigenvalue weighted by Gasteiger charge is 2.21. The Kier molecular flexibility index (Phi) is 3.76. The first-order valence-electron chi connectivity index (χ1n) is 5.77. The molecule has 1 aromatic carbocycles. The summed E-state index contributed by atoms with van der Waals surface area (Å²) < 4.78 is 0. The van der Waals surface area contributed by atoms with Gasteiger partial charge < -0.3 is 5.11 Å². The second-order valence-corrected chi connectivity index (χ2v) is 6.58. The number of benzene rings is 1. The van der Waals surface area contributed by atoms with Crippen LogP contribution in [-0.2, 0) is 5.41 Å². The van der Waals surface area contributed by atoms with Gasteiger partial charge in [-0.2, -0.15) is 0 Å². The number of rotatable bonds is 2. The fraction of sp³-hybridized carbons (Fsp3) is 0.357. The van der Waals surface area contributed by atoms with E-state index >= 15 is 0 Å². The molecule has 0 radical (unpaired) electrons. The quantitative estimate of drug-likeness (QED) is 0.896. The van der Waals surface area contributed by atoms with Gasteiger partial charge in [0.15, 0.2) is 0 Å². The molecule has 0 aliphatic carbocycles. The molecule has 4 heteroatoms. The summed E-state index contributed by atoms with van der Waals surface area (Å²) in [5.74, 6) is 0. The van der Waals surface area contributed by atoms with Gasteiger partial charge in [0.1, 0.15) is 6.10 Å². The number of aromatic nitrogens is 1. The number of hydrogen-bond donors (Lipinski definition) is 1. The molecule has 2 nitrogen and oxygen atoms in total. The van der Waals surface area contributed by atoms with Crippen LogP contribution in [0.1, 0.15) is 43.1 Å². The smallest absolute Gasteiger partial charge is 0.122 e. The largest absolute Gasteiger partial charge is 0.382 e. The van der Waals surface area contributed by atoms with Gasteiger partial charge in [-0.1, -0.05) is 44.5 Å². The number of hydrogen-bond acceptors (Lipinski definition) is 3. The zero-order chi connectivity index (χ0) is 13.3. The lowest BCUT2D eigenvalue weighted by Gasteiger charge is -2.14. The van der Waals surface area contributed by atoms with Crippen molar-refractivity contribution in [3.63, 3.8) is 0 Å². The molecule has 96 valence electrons. The number of nitrogens with zero attached hydrogens (tertiary/aromatic N) is 1. The van der Waals surface area contributed by atoms with Crippen molar-refractivity contribution in [2.75, 3.05) is 0 Å². The van der Waals surface area contributed by atoms with Crippen molar-refractivity contribution in [2.24, 2.45) is 0 Å². The number of thiazole rings is 1. The van der Waals surface area contributed by atoms with Crippen LogP contribution in [0.3, 0.4) is 0 Å². The third kappa shape index (κ3) is 2.91. The standard InChI is InChI=1S/C14H16ClNOS/c1-14(2,3)13-16-11(8-18-13)12(17)9-5-4-6-10(15)7-9/h4-8,12,17H,1-3H3. The molecule has 18 heavy (non-hydrogen) atoms. The molecule has 1 atom stereocenters. The van der Waals surface area contributed by atoms with E-state index in [9.17, 15) is 5.11 Å². The van der Waals surface area contributed by atoms with E-state index in [-0.39, 0.29) is 5.41 Å². The Hall–Kier alpha value is -0.900. The van der Waals surface area contributed by atoms with Crippen molar-refractivity contribution in [3.05, 3.63) is 50.9 Å². The summed E-state index contributed by atoms with van der Waals surface area (Å²) in [4.78, 5) is 4.51. The lowest BCUT2D eigenvalue weighted by molar-refractivity contribution is 0.215. The van der Waals surface area contributed by atoms with Crippen molar-refractivity contribution in [2.45, 2.75) is 32.3 Å². The predicted molar refractivity (Wildman–Crippen MR) is 76.3 cm³/mol. The van der Waals surface area contributed by atoms with Crippen LogP contribution in [0.25, 0.3) is 0 Å². The molecule has 0 fully saturated rings. The summed E-state index contributed by atoms with van der Waals surface area (Å²) in [6.07, 6.45) is -0.712. The van der Waals surface area contributed by atoms with Crippen LogP contribution in [0.5, 0.6) is 0 Å². The van der Waals surface area contributed by atoms with E-state index < -0.39 is 6.10 Å². The first-order chi connectivity index (χ1) is 8.38. The van der Waals surface area contributed by atoms with Crippen LogP contribution in [0, 0.1) is 0 Å². The highest BCUT2D eigenvalue weighted by Crippen LogP contribution is 2.30. The molecule has 0 saturated heterocycles. The Bertz CT molecular complexity index is 545. The maximum atomic E-state index is 10.3. The highest BCUT2D eigenvalue weighted by atomic mass is 35.5. The lowest BCUT2D eigenvalue weighted by atomic mass is 9.98. The van der Waals surface area contributed by atoms with Gasteiger partial charge in [-0.25, -0.2) is 4.98 Å². The fourth-order valence-electron chi connectivity index (χ4n) is 1.60. The zero-order valence-corrected chi connectivity index (χ0v) is 12.2. The van der Waals surface area contributed by atoms with Crippen molar-refractivity contribution in [1.29, 1.82) is 0 Å². The average molecular weight is 282 g/mol. The second kappa shape index (κ2) is 5.00. The molecular weight excluding hydrogens is 266 g/mol. The van der Waals surface area contributed by atoms with Crippen molar-refractivity contribution in [3.8, 4) is 0 Å². The summed E-state index contributed by atoms with van der Waals surface area (Å²) in [6, 6.07) is 7.24. The molecule has 0 amide bonds. The number of halogens is 1. The summed E-state index contributed by atoms with van der Waals surface area (Å²) in [5.41, 5.74) is 1.47. The molecule has 0 spiro atoms. The van der Waals surface area contributed by atoms with Gasteiger partial charge >= 0.3 is 0 Å². The van der Waals surface area contributed by atoms with Gasteiger partial charge in [0.05, 0.1) is 10.7 Å². The van der Waals surface area contributed by atoms with Gasteiger partial charge in [0, 0.05) is 15.8 Å². The average Bonchev–Trinajstić information content (AvgIpc) is 2.77. The van der Waals surface area contributed by atoms with Gasteiger partial charge in [0.25, 0.3) is 0 Å². The van der Waals surface area contributed by atoms with Gasteiger partial charge in [-0.15, -0.1) is 11.3 Å². The molecular formula is C14H16ClNOS. The van der Waals surface area contributed by atoms with Crippen molar-refractivity contribution >= 4 is 22.9 Å². The molecule has 0 aliphatic rings. The molecule has 1 aromatic heterocycles. The van der Waals surface area contributed by atoms with Crippen LogP contribution in [0.4, 0.5) is 0 Å². The minimum absolute atomic E-state index is 0.0109. The normalized spacial score (nSPS) is 13.6. The van der Waals surface area contributed by atoms with E-state index in [1.807, 2.05) is 17.5 Å². The topological polar surface area (TPSA) is 33.1 Å². The van der Waals surface area contributed by atoms with E-state index in [1.165, 1.54) is 0 Å². The van der Waals surface area contributed by atoms with Gasteiger partial charge in [-0.3, -0.25) is 0 Å². The Balaban J connectivity index is 2.29. The molecule has 1 N–H and O–H groups in total. The predicted octanol–water partition coefficient (Wildman–Crippen LogP) is 4.18. The van der Waals surface area contributed by atoms with E-state index in [4.69, 9.17) is 11.6 Å². The van der Waals surface area contributed by atoms with Crippen LogP contribution in [0.15, 0.2) is 29.6 Å². The van der Waals surface area contributed by atoms with Gasteiger partial charge in [-0.05, 0) is 17.7 Å². The molecule has 0 saturated carbocycles. The third-order valence-electron chi connectivity index (χ3n) is 2.61. The Labute approximate surface area is 116 Å². The SMILES string of the molecule is CC(C)(C)c1nc(C(O)c2cccc(Cl)c2)cs1. The zero-order valence-electron chi connectivity index (χ0n) is 10.6. The van der Waals surface area contributed by atoms with E-state index in [2.05, 4.69) is 25.8 Å². The van der Waals surface area contributed by atoms with Crippen molar-refractivity contribution in [1.82, 2.24) is 4.98 Å². The fourth-order valence-corrected chi connectivity index (χ4v) is 2.73. The van der Waals surface area contributed by atoms with Crippen LogP contribution < -0.4 is 0 Å². The van der Waals surface area contributed by atoms with E-state index in [0.29, 0.717) is 10.7 Å². The molecule has 1 heterocycles. The van der Waals surface area contributed by atoms with Crippen LogP contribution >= 0.6 is 22.9 Å². The molecule has 0 bridgehead atoms. The number of aliphatic hydroxyl groups excluding tert-OH is 1. The first kappa shape index (κ1) is 13.5. The van der Waals surface area contributed by atoms with Gasteiger partial charge in [0.2, 0.25) is 0 Å². The summed E-state index contributed by atoms with van der Waals surface area (Å²) in [6.45, 7) is 6.34. The summed E-state index contributed by atoms with van der Waals surface area (Å²) in [7, 11) is 0. The van der Waals surface area contributed by atoms with E-state index in [1.54, 1.807) is 23.5 Å². The molecule has 1 unspecified atom stereocenters. The molecule has 0 aliphatic heterocycles. The van der Waals surface area contributed by atoms with E-state index in [0.717, 1.165) is 10.6 Å². The maximum absolute atomic E-state index is 10.3. The van der Waals surface area contributed by atoms with Crippen LogP contribution in [-0.4, -0.2) is 10.1 Å². The third-order valence-corrected chi connectivity index (χ3v) is 4.13. The van der Waals surface area contributed by atoms with Crippen molar-refractivity contribution < 1.29 is 5.11 Å². The monoisotopic (exact) mass is 281 g/mol. The second-order valence-electron chi connectivity index (χ2n) is 5.29. The highest BCUT2D eigenvalue weighted by molar-refractivity contribution is 7.09. The Morgan fingerprint density at radius 1 is 1.33 bits per heavy atom. The van der Waals surface area contributed by atoms with Crippen LogP contribution in [0.2, 0.25) is 5.02 Å². The molecule has 2 aromatic rings. The Morgan fingerprint density at radius 2 is 2.06 bits per heavy atom. The first-order valence-corrected chi connectivity index (χ1v) is 7.03.